The van der Waals surface area contributed by atoms with Crippen molar-refractivity contribution in [2.75, 3.05) is 0 Å². The minimum atomic E-state index is -0.352. The van der Waals surface area contributed by atoms with Crippen LogP contribution >= 0.6 is 0 Å². The lowest BCUT2D eigenvalue weighted by atomic mass is 9.90. The van der Waals surface area contributed by atoms with Gasteiger partial charge in [-0.3, -0.25) is 0 Å². The third kappa shape index (κ3) is 2.63. The first-order valence-electron chi connectivity index (χ1n) is 2.89. The highest BCUT2D eigenvalue weighted by Gasteiger charge is 2.13. The zero-order chi connectivity index (χ0) is 6.62. The van der Waals surface area contributed by atoms with Gasteiger partial charge in [0.2, 0.25) is 0 Å². The molecule has 0 N–H and O–H groups in total. The van der Waals surface area contributed by atoms with Gasteiger partial charge < -0.3 is 0 Å². The van der Waals surface area contributed by atoms with Crippen LogP contribution in [-0.2, 0) is 0 Å². The molecule has 45 valence electrons. The normalized spacial score (nSPS) is 10.8. The average Bonchev–Trinajstić information content (AvgIpc) is 1.67. The van der Waals surface area contributed by atoms with E-state index in [-0.39, 0.29) is 5.41 Å². The van der Waals surface area contributed by atoms with Crippen LogP contribution in [0.3, 0.4) is 0 Å². The first kappa shape index (κ1) is 7.49. The van der Waals surface area contributed by atoms with E-state index in [9.17, 15) is 0 Å². The van der Waals surface area contributed by atoms with Gasteiger partial charge in [0, 0.05) is 0 Å². The fraction of sp³-hybridized carbons (Fsp3) is 0.714. The summed E-state index contributed by atoms with van der Waals surface area (Å²) in [5, 5.41) is 8.41. The van der Waals surface area contributed by atoms with Gasteiger partial charge in [0.25, 0.3) is 0 Å². The van der Waals surface area contributed by atoms with Gasteiger partial charge in [0.1, 0.15) is 0 Å². The molecule has 1 nitrogen and oxygen atoms in total. The topological polar surface area (TPSA) is 23.8 Å². The molecule has 1 atom stereocenters. The highest BCUT2D eigenvalue weighted by molar-refractivity contribution is 4.96. The Morgan fingerprint density at radius 1 is 1.75 bits per heavy atom. The Hall–Kier alpha value is -0.510. The summed E-state index contributed by atoms with van der Waals surface area (Å²) in [5.41, 5.74) is -0.352. The molecule has 0 aliphatic carbocycles. The Morgan fingerprint density at radius 2 is 2.25 bits per heavy atom. The largest absolute Gasteiger partial charge is 0.198 e. The third-order valence-electron chi connectivity index (χ3n) is 1.07. The van der Waals surface area contributed by atoms with Crippen LogP contribution in [0.15, 0.2) is 0 Å². The van der Waals surface area contributed by atoms with Crippen LogP contribution in [-0.4, -0.2) is 0 Å². The molecule has 0 amide bonds. The Morgan fingerprint density at radius 3 is 2.38 bits per heavy atom. The number of hydrogen-bond donors (Lipinski definition) is 0. The SMILES string of the molecule is [CH2]C(C)(C#N)CCC. The van der Waals surface area contributed by atoms with Gasteiger partial charge in [-0.2, -0.15) is 5.26 Å². The third-order valence-corrected chi connectivity index (χ3v) is 1.07. The minimum absolute atomic E-state index is 0.352. The summed E-state index contributed by atoms with van der Waals surface area (Å²) in [6.45, 7) is 7.63. The van der Waals surface area contributed by atoms with Crippen molar-refractivity contribution in [2.24, 2.45) is 5.41 Å². The molecule has 0 spiro atoms. The molecule has 0 aliphatic rings. The lowest BCUT2D eigenvalue weighted by molar-refractivity contribution is 0.502. The smallest absolute Gasteiger partial charge is 0.0686 e. The molecule has 0 bridgehead atoms. The molecule has 1 radical (unpaired) electrons. The van der Waals surface area contributed by atoms with Crippen LogP contribution in [0.4, 0.5) is 0 Å². The lowest BCUT2D eigenvalue weighted by Crippen LogP contribution is -2.06. The van der Waals surface area contributed by atoms with Crippen molar-refractivity contribution < 1.29 is 0 Å². The maximum Gasteiger partial charge on any atom is 0.0686 e. The van der Waals surface area contributed by atoms with Crippen molar-refractivity contribution in [3.8, 4) is 6.07 Å². The molecule has 0 heterocycles. The first-order chi connectivity index (χ1) is 3.62. The van der Waals surface area contributed by atoms with Crippen molar-refractivity contribution in [3.05, 3.63) is 6.92 Å². The van der Waals surface area contributed by atoms with Crippen molar-refractivity contribution in [2.45, 2.75) is 26.7 Å². The van der Waals surface area contributed by atoms with Crippen LogP contribution in [0.5, 0.6) is 0 Å². The van der Waals surface area contributed by atoms with Crippen LogP contribution < -0.4 is 0 Å². The monoisotopic (exact) mass is 110 g/mol. The number of rotatable bonds is 2. The highest BCUT2D eigenvalue weighted by atomic mass is 14.3. The van der Waals surface area contributed by atoms with Gasteiger partial charge in [-0.25, -0.2) is 0 Å². The van der Waals surface area contributed by atoms with E-state index in [4.69, 9.17) is 5.26 Å². The molecule has 0 aliphatic heterocycles. The number of nitrogens with zero attached hydrogens (tertiary/aromatic N) is 1. The van der Waals surface area contributed by atoms with E-state index in [1.165, 1.54) is 0 Å². The fourth-order valence-corrected chi connectivity index (χ4v) is 0.608. The molecule has 0 rings (SSSR count). The van der Waals surface area contributed by atoms with Gasteiger partial charge in [0.15, 0.2) is 0 Å². The molecular formula is C7H12N. The summed E-state index contributed by atoms with van der Waals surface area (Å²) < 4.78 is 0. The van der Waals surface area contributed by atoms with E-state index >= 15 is 0 Å². The van der Waals surface area contributed by atoms with E-state index in [0.717, 1.165) is 12.8 Å². The Balaban J connectivity index is 3.59. The van der Waals surface area contributed by atoms with E-state index in [2.05, 4.69) is 19.9 Å². The first-order valence-corrected chi connectivity index (χ1v) is 2.89. The molecule has 0 fully saturated rings. The Kier molecular flexibility index (Phi) is 2.54. The summed E-state index contributed by atoms with van der Waals surface area (Å²) in [5.74, 6) is 0. The van der Waals surface area contributed by atoms with Crippen molar-refractivity contribution in [1.29, 1.82) is 5.26 Å². The van der Waals surface area contributed by atoms with E-state index < -0.39 is 0 Å². The zero-order valence-corrected chi connectivity index (χ0v) is 5.57. The van der Waals surface area contributed by atoms with E-state index in [1.807, 2.05) is 6.92 Å². The Bertz CT molecular complexity index is 97.4. The standard InChI is InChI=1S/C7H12N/c1-4-5-7(2,3)6-8/h2,4-5H2,1,3H3. The Labute approximate surface area is 51.3 Å². The average molecular weight is 110 g/mol. The minimum Gasteiger partial charge on any atom is -0.198 e. The second kappa shape index (κ2) is 2.71. The van der Waals surface area contributed by atoms with Gasteiger partial charge in [-0.1, -0.05) is 13.3 Å². The van der Waals surface area contributed by atoms with Gasteiger partial charge in [0.05, 0.1) is 11.5 Å². The van der Waals surface area contributed by atoms with Gasteiger partial charge in [-0.05, 0) is 20.3 Å². The molecule has 1 heteroatoms. The summed E-state index contributed by atoms with van der Waals surface area (Å²) in [6, 6.07) is 2.13. The van der Waals surface area contributed by atoms with Crippen LogP contribution in [0.1, 0.15) is 26.7 Å². The molecular weight excluding hydrogens is 98.1 g/mol. The molecule has 0 saturated heterocycles. The predicted octanol–water partition coefficient (Wildman–Crippen LogP) is 2.15. The van der Waals surface area contributed by atoms with Crippen LogP contribution in [0.2, 0.25) is 0 Å². The highest BCUT2D eigenvalue weighted by Crippen LogP contribution is 2.18. The van der Waals surface area contributed by atoms with Crippen molar-refractivity contribution >= 4 is 0 Å². The fourth-order valence-electron chi connectivity index (χ4n) is 0.608. The molecule has 8 heavy (non-hydrogen) atoms. The maximum absolute atomic E-state index is 8.41. The van der Waals surface area contributed by atoms with Gasteiger partial charge in [-0.15, -0.1) is 0 Å². The van der Waals surface area contributed by atoms with Gasteiger partial charge >= 0.3 is 0 Å². The quantitative estimate of drug-likeness (QED) is 0.534. The summed E-state index contributed by atoms with van der Waals surface area (Å²) in [6.07, 6.45) is 1.93. The summed E-state index contributed by atoms with van der Waals surface area (Å²) >= 11 is 0. The second-order valence-corrected chi connectivity index (χ2v) is 2.42. The molecule has 0 saturated carbocycles. The van der Waals surface area contributed by atoms with Crippen molar-refractivity contribution in [3.63, 3.8) is 0 Å². The predicted molar refractivity (Wildman–Crippen MR) is 34.0 cm³/mol. The number of nitriles is 1. The second-order valence-electron chi connectivity index (χ2n) is 2.42. The van der Waals surface area contributed by atoms with Crippen LogP contribution in [0.25, 0.3) is 0 Å². The molecule has 1 unspecified atom stereocenters. The number of hydrogen-bond acceptors (Lipinski definition) is 1. The van der Waals surface area contributed by atoms with Crippen molar-refractivity contribution in [1.82, 2.24) is 0 Å². The molecule has 0 aromatic rings. The zero-order valence-electron chi connectivity index (χ0n) is 5.57. The summed E-state index contributed by atoms with van der Waals surface area (Å²) in [4.78, 5) is 0. The molecule has 0 aromatic heterocycles. The van der Waals surface area contributed by atoms with Crippen LogP contribution in [0, 0.1) is 23.7 Å². The maximum atomic E-state index is 8.41. The van der Waals surface area contributed by atoms with E-state index in [1.54, 1.807) is 0 Å². The molecule has 0 aromatic carbocycles. The lowest BCUT2D eigenvalue weighted by Gasteiger charge is -2.11. The summed E-state index contributed by atoms with van der Waals surface area (Å²) in [7, 11) is 0. The van der Waals surface area contributed by atoms with E-state index in [0.29, 0.717) is 0 Å².